The molecule has 1 saturated heterocycles. The Labute approximate surface area is 160 Å². The lowest BCUT2D eigenvalue weighted by Crippen LogP contribution is -2.39. The maximum atomic E-state index is 12.6. The molecule has 0 aliphatic carbocycles. The first-order valence-electron chi connectivity index (χ1n) is 9.06. The molecular weight excluding hydrogens is 346 g/mol. The van der Waals surface area contributed by atoms with Crippen LogP contribution in [0.15, 0.2) is 36.4 Å². The summed E-state index contributed by atoms with van der Waals surface area (Å²) in [5.41, 5.74) is 10.1. The summed E-state index contributed by atoms with van der Waals surface area (Å²) < 4.78 is 0. The van der Waals surface area contributed by atoms with Crippen LogP contribution >= 0.6 is 11.6 Å². The second-order valence-corrected chi connectivity index (χ2v) is 7.92. The van der Waals surface area contributed by atoms with Crippen molar-refractivity contribution in [2.24, 2.45) is 11.8 Å². The number of nitrogens with one attached hydrogen (secondary N) is 1. The maximum absolute atomic E-state index is 12.6. The lowest BCUT2D eigenvalue weighted by atomic mass is 9.91. The van der Waals surface area contributed by atoms with Crippen LogP contribution in [-0.2, 0) is 0 Å². The van der Waals surface area contributed by atoms with Crippen molar-refractivity contribution < 1.29 is 4.79 Å². The molecule has 1 heterocycles. The third-order valence-corrected chi connectivity index (χ3v) is 5.27. The molecule has 1 fully saturated rings. The van der Waals surface area contributed by atoms with Gasteiger partial charge in [-0.15, -0.1) is 0 Å². The standard InChI is InChI=1S/C21H26ClN3O/c1-13-8-14(2)12-25(11-13)20-10-19(18(23)9-15(20)3)24-21(26)16-6-4-5-7-17(16)22/h4-7,9-10,13-14H,8,11-12,23H2,1-3H3,(H,24,26)/t13-,14-/m0/s1. The van der Waals surface area contributed by atoms with Gasteiger partial charge < -0.3 is 16.0 Å². The molecule has 26 heavy (non-hydrogen) atoms. The summed E-state index contributed by atoms with van der Waals surface area (Å²) in [4.78, 5) is 15.0. The van der Waals surface area contributed by atoms with Crippen molar-refractivity contribution in [3.63, 3.8) is 0 Å². The number of aryl methyl sites for hydroxylation is 1. The molecule has 2 aromatic rings. The molecule has 0 radical (unpaired) electrons. The Morgan fingerprint density at radius 2 is 1.85 bits per heavy atom. The first kappa shape index (κ1) is 18.6. The zero-order chi connectivity index (χ0) is 18.8. The highest BCUT2D eigenvalue weighted by Crippen LogP contribution is 2.34. The highest BCUT2D eigenvalue weighted by Gasteiger charge is 2.24. The number of halogens is 1. The maximum Gasteiger partial charge on any atom is 0.257 e. The van der Waals surface area contributed by atoms with Gasteiger partial charge in [-0.05, 0) is 55.0 Å². The fraction of sp³-hybridized carbons (Fsp3) is 0.381. The van der Waals surface area contributed by atoms with E-state index in [1.54, 1.807) is 24.3 Å². The zero-order valence-corrected chi connectivity index (χ0v) is 16.3. The molecule has 0 unspecified atom stereocenters. The van der Waals surface area contributed by atoms with Crippen LogP contribution in [0.3, 0.4) is 0 Å². The fourth-order valence-corrected chi connectivity index (χ4v) is 4.08. The third kappa shape index (κ3) is 3.96. The number of anilines is 3. The molecule has 4 nitrogen and oxygen atoms in total. The molecule has 2 aromatic carbocycles. The number of benzene rings is 2. The van der Waals surface area contributed by atoms with Gasteiger partial charge in [0.05, 0.1) is 22.0 Å². The Morgan fingerprint density at radius 1 is 1.19 bits per heavy atom. The van der Waals surface area contributed by atoms with Crippen LogP contribution in [0.25, 0.3) is 0 Å². The summed E-state index contributed by atoms with van der Waals surface area (Å²) in [5.74, 6) is 1.05. The van der Waals surface area contributed by atoms with E-state index in [2.05, 4.69) is 31.0 Å². The molecule has 3 rings (SSSR count). The minimum absolute atomic E-state index is 0.252. The summed E-state index contributed by atoms with van der Waals surface area (Å²) in [6.45, 7) is 8.68. The Balaban J connectivity index is 1.89. The molecule has 1 aliphatic heterocycles. The third-order valence-electron chi connectivity index (χ3n) is 4.94. The van der Waals surface area contributed by atoms with Gasteiger partial charge in [-0.1, -0.05) is 37.6 Å². The van der Waals surface area contributed by atoms with Crippen LogP contribution in [0.4, 0.5) is 17.1 Å². The lowest BCUT2D eigenvalue weighted by molar-refractivity contribution is 0.102. The summed E-state index contributed by atoms with van der Waals surface area (Å²) in [6, 6.07) is 10.9. The Kier molecular flexibility index (Phi) is 5.42. The van der Waals surface area contributed by atoms with Gasteiger partial charge in [-0.3, -0.25) is 4.79 Å². The van der Waals surface area contributed by atoms with Crippen molar-refractivity contribution in [2.75, 3.05) is 29.0 Å². The predicted octanol–water partition coefficient (Wildman–Crippen LogP) is 4.97. The molecule has 3 N–H and O–H groups in total. The van der Waals surface area contributed by atoms with Crippen molar-refractivity contribution in [2.45, 2.75) is 27.2 Å². The van der Waals surface area contributed by atoms with Gasteiger partial charge in [0.1, 0.15) is 0 Å². The second-order valence-electron chi connectivity index (χ2n) is 7.51. The van der Waals surface area contributed by atoms with E-state index in [4.69, 9.17) is 17.3 Å². The van der Waals surface area contributed by atoms with Crippen LogP contribution in [0.1, 0.15) is 36.2 Å². The Bertz CT molecular complexity index is 811. The van der Waals surface area contributed by atoms with Gasteiger partial charge in [-0.2, -0.15) is 0 Å². The van der Waals surface area contributed by atoms with Crippen LogP contribution in [0.2, 0.25) is 5.02 Å². The molecule has 0 bridgehead atoms. The molecule has 2 atom stereocenters. The first-order valence-corrected chi connectivity index (χ1v) is 9.44. The predicted molar refractivity (Wildman–Crippen MR) is 110 cm³/mol. The Hall–Kier alpha value is -2.20. The van der Waals surface area contributed by atoms with Gasteiger partial charge in [0.2, 0.25) is 0 Å². The average molecular weight is 372 g/mol. The first-order chi connectivity index (χ1) is 12.3. The van der Waals surface area contributed by atoms with E-state index < -0.39 is 0 Å². The second kappa shape index (κ2) is 7.58. The van der Waals surface area contributed by atoms with E-state index in [1.807, 2.05) is 12.1 Å². The molecular formula is C21H26ClN3O. The van der Waals surface area contributed by atoms with Gasteiger partial charge in [-0.25, -0.2) is 0 Å². The Morgan fingerprint density at radius 3 is 2.50 bits per heavy atom. The fourth-order valence-electron chi connectivity index (χ4n) is 3.86. The molecule has 1 aliphatic rings. The molecule has 138 valence electrons. The molecule has 0 spiro atoms. The number of carbonyl (C=O) groups is 1. The largest absolute Gasteiger partial charge is 0.397 e. The van der Waals surface area contributed by atoms with Crippen LogP contribution < -0.4 is 16.0 Å². The number of nitrogens with zero attached hydrogens (tertiary/aromatic N) is 1. The van der Waals surface area contributed by atoms with E-state index in [9.17, 15) is 4.79 Å². The highest BCUT2D eigenvalue weighted by atomic mass is 35.5. The monoisotopic (exact) mass is 371 g/mol. The summed E-state index contributed by atoms with van der Waals surface area (Å²) in [6.07, 6.45) is 1.25. The van der Waals surface area contributed by atoms with Gasteiger partial charge in [0, 0.05) is 18.8 Å². The van der Waals surface area contributed by atoms with Crippen LogP contribution in [0, 0.1) is 18.8 Å². The average Bonchev–Trinajstić information content (AvgIpc) is 2.56. The van der Waals surface area contributed by atoms with Crippen LogP contribution in [-0.4, -0.2) is 19.0 Å². The SMILES string of the molecule is Cc1cc(N)c(NC(=O)c2ccccc2Cl)cc1N1C[C@@H](C)C[C@H](C)C1. The minimum atomic E-state index is -0.252. The topological polar surface area (TPSA) is 58.4 Å². The van der Waals surface area contributed by atoms with Crippen LogP contribution in [0.5, 0.6) is 0 Å². The number of hydrogen-bond acceptors (Lipinski definition) is 3. The number of nitrogens with two attached hydrogens (primary N) is 1. The number of rotatable bonds is 3. The van der Waals surface area contributed by atoms with E-state index in [-0.39, 0.29) is 5.91 Å². The van der Waals surface area contributed by atoms with Crippen molar-refractivity contribution in [3.8, 4) is 0 Å². The number of hydrogen-bond donors (Lipinski definition) is 2. The highest BCUT2D eigenvalue weighted by molar-refractivity contribution is 6.34. The molecule has 1 amide bonds. The van der Waals surface area contributed by atoms with Gasteiger partial charge >= 0.3 is 0 Å². The number of nitrogen functional groups attached to an aromatic ring is 1. The summed E-state index contributed by atoms with van der Waals surface area (Å²) >= 11 is 6.14. The van der Waals surface area contributed by atoms with Crippen molar-refractivity contribution in [1.29, 1.82) is 0 Å². The molecule has 0 aromatic heterocycles. The van der Waals surface area contributed by atoms with Gasteiger partial charge in [0.15, 0.2) is 0 Å². The van der Waals surface area contributed by atoms with Crippen molar-refractivity contribution in [1.82, 2.24) is 0 Å². The number of carbonyl (C=O) groups excluding carboxylic acids is 1. The molecule has 5 heteroatoms. The van der Waals surface area contributed by atoms with Gasteiger partial charge in [0.25, 0.3) is 5.91 Å². The van der Waals surface area contributed by atoms with E-state index in [1.165, 1.54) is 6.42 Å². The van der Waals surface area contributed by atoms with E-state index in [0.717, 1.165) is 24.3 Å². The van der Waals surface area contributed by atoms with E-state index in [0.29, 0.717) is 33.8 Å². The zero-order valence-electron chi connectivity index (χ0n) is 15.6. The van der Waals surface area contributed by atoms with E-state index >= 15 is 0 Å². The number of amides is 1. The smallest absolute Gasteiger partial charge is 0.257 e. The van der Waals surface area contributed by atoms with Crippen molar-refractivity contribution >= 4 is 34.6 Å². The molecule has 0 saturated carbocycles. The number of piperidine rings is 1. The van der Waals surface area contributed by atoms with Crippen molar-refractivity contribution in [3.05, 3.63) is 52.5 Å². The summed E-state index contributed by atoms with van der Waals surface area (Å²) in [5, 5.41) is 3.35. The lowest BCUT2D eigenvalue weighted by Gasteiger charge is -2.37. The minimum Gasteiger partial charge on any atom is -0.397 e. The summed E-state index contributed by atoms with van der Waals surface area (Å²) in [7, 11) is 0. The normalized spacial score (nSPS) is 20.1. The quantitative estimate of drug-likeness (QED) is 0.749.